The molecule has 0 atom stereocenters. The zero-order chi connectivity index (χ0) is 15.2. The lowest BCUT2D eigenvalue weighted by molar-refractivity contribution is -0.114. The molecular weight excluding hydrogens is 264 g/mol. The monoisotopic (exact) mass is 284 g/mol. The lowest BCUT2D eigenvalue weighted by Gasteiger charge is -2.11. The van der Waals surface area contributed by atoms with Gasteiger partial charge in [0.05, 0.1) is 13.7 Å². The summed E-state index contributed by atoms with van der Waals surface area (Å²) in [6.45, 7) is 4.16. The second-order valence-electron chi connectivity index (χ2n) is 4.90. The number of carbonyl (C=O) groups excluding carboxylic acids is 1. The van der Waals surface area contributed by atoms with Crippen LogP contribution >= 0.6 is 0 Å². The Morgan fingerprint density at radius 3 is 2.52 bits per heavy atom. The third-order valence-electron chi connectivity index (χ3n) is 3.27. The summed E-state index contributed by atoms with van der Waals surface area (Å²) in [4.78, 5) is 11.9. The maximum absolute atomic E-state index is 11.9. The van der Waals surface area contributed by atoms with Crippen LogP contribution in [0.15, 0.2) is 42.5 Å². The summed E-state index contributed by atoms with van der Waals surface area (Å²) in [5.41, 5.74) is 3.82. The van der Waals surface area contributed by atoms with Crippen molar-refractivity contribution in [3.8, 4) is 5.75 Å². The van der Waals surface area contributed by atoms with Gasteiger partial charge in [-0.05, 0) is 49.2 Å². The van der Waals surface area contributed by atoms with Gasteiger partial charge in [-0.15, -0.1) is 0 Å². The SMILES string of the molecule is COc1ccc(NCC(=O)Nc2ccccc2C)cc1C. The first-order valence-corrected chi connectivity index (χ1v) is 6.84. The molecule has 2 N–H and O–H groups in total. The highest BCUT2D eigenvalue weighted by molar-refractivity contribution is 5.94. The van der Waals surface area contributed by atoms with Crippen molar-refractivity contribution in [1.29, 1.82) is 0 Å². The Balaban J connectivity index is 1.92. The lowest BCUT2D eigenvalue weighted by atomic mass is 10.2. The molecule has 21 heavy (non-hydrogen) atoms. The minimum absolute atomic E-state index is 0.0715. The molecule has 0 unspecified atom stereocenters. The number of rotatable bonds is 5. The summed E-state index contributed by atoms with van der Waals surface area (Å²) in [6.07, 6.45) is 0. The number of anilines is 2. The molecule has 0 saturated heterocycles. The highest BCUT2D eigenvalue weighted by atomic mass is 16.5. The van der Waals surface area contributed by atoms with Gasteiger partial charge in [0.15, 0.2) is 0 Å². The van der Waals surface area contributed by atoms with Crippen LogP contribution in [-0.4, -0.2) is 19.6 Å². The summed E-state index contributed by atoms with van der Waals surface area (Å²) in [5.74, 6) is 0.766. The molecule has 1 amide bonds. The average Bonchev–Trinajstić information content (AvgIpc) is 2.48. The third-order valence-corrected chi connectivity index (χ3v) is 3.27. The van der Waals surface area contributed by atoms with Gasteiger partial charge in [-0.2, -0.15) is 0 Å². The number of nitrogens with one attached hydrogen (secondary N) is 2. The molecule has 0 aliphatic heterocycles. The zero-order valence-corrected chi connectivity index (χ0v) is 12.6. The summed E-state index contributed by atoms with van der Waals surface area (Å²) in [5, 5.41) is 6.00. The van der Waals surface area contributed by atoms with E-state index in [0.29, 0.717) is 0 Å². The molecule has 0 saturated carbocycles. The lowest BCUT2D eigenvalue weighted by Crippen LogP contribution is -2.22. The van der Waals surface area contributed by atoms with Gasteiger partial charge in [-0.1, -0.05) is 18.2 Å². The molecule has 0 aliphatic rings. The van der Waals surface area contributed by atoms with E-state index in [9.17, 15) is 4.79 Å². The Bertz CT molecular complexity index is 638. The number of para-hydroxylation sites is 1. The van der Waals surface area contributed by atoms with Gasteiger partial charge in [-0.25, -0.2) is 0 Å². The molecule has 0 aromatic heterocycles. The van der Waals surface area contributed by atoms with E-state index in [-0.39, 0.29) is 12.5 Å². The van der Waals surface area contributed by atoms with E-state index in [1.165, 1.54) is 0 Å². The van der Waals surface area contributed by atoms with Gasteiger partial charge in [-0.3, -0.25) is 4.79 Å². The molecule has 0 radical (unpaired) electrons. The first kappa shape index (κ1) is 14.9. The van der Waals surface area contributed by atoms with Crippen molar-refractivity contribution in [1.82, 2.24) is 0 Å². The van der Waals surface area contributed by atoms with E-state index in [0.717, 1.165) is 28.3 Å². The van der Waals surface area contributed by atoms with E-state index >= 15 is 0 Å². The minimum Gasteiger partial charge on any atom is -0.496 e. The van der Waals surface area contributed by atoms with Gasteiger partial charge in [0.25, 0.3) is 0 Å². The largest absolute Gasteiger partial charge is 0.496 e. The number of hydrogen-bond donors (Lipinski definition) is 2. The molecule has 2 rings (SSSR count). The van der Waals surface area contributed by atoms with E-state index in [1.807, 2.05) is 56.3 Å². The van der Waals surface area contributed by atoms with Gasteiger partial charge in [0, 0.05) is 11.4 Å². The van der Waals surface area contributed by atoms with Crippen LogP contribution in [0.5, 0.6) is 5.75 Å². The van der Waals surface area contributed by atoms with Crippen LogP contribution in [0, 0.1) is 13.8 Å². The Morgan fingerprint density at radius 2 is 1.86 bits per heavy atom. The highest BCUT2D eigenvalue weighted by Crippen LogP contribution is 2.21. The maximum atomic E-state index is 11.9. The third kappa shape index (κ3) is 3.99. The topological polar surface area (TPSA) is 50.4 Å². The van der Waals surface area contributed by atoms with Crippen molar-refractivity contribution in [2.24, 2.45) is 0 Å². The summed E-state index contributed by atoms with van der Waals surface area (Å²) in [7, 11) is 1.64. The zero-order valence-electron chi connectivity index (χ0n) is 12.6. The number of hydrogen-bond acceptors (Lipinski definition) is 3. The van der Waals surface area contributed by atoms with E-state index < -0.39 is 0 Å². The van der Waals surface area contributed by atoms with Crippen LogP contribution < -0.4 is 15.4 Å². The van der Waals surface area contributed by atoms with E-state index in [4.69, 9.17) is 4.74 Å². The smallest absolute Gasteiger partial charge is 0.243 e. The van der Waals surface area contributed by atoms with E-state index in [1.54, 1.807) is 7.11 Å². The van der Waals surface area contributed by atoms with Crippen LogP contribution in [0.2, 0.25) is 0 Å². The van der Waals surface area contributed by atoms with Crippen molar-refractivity contribution in [3.63, 3.8) is 0 Å². The predicted octanol–water partition coefficient (Wildman–Crippen LogP) is 3.36. The molecule has 0 bridgehead atoms. The van der Waals surface area contributed by atoms with Gasteiger partial charge < -0.3 is 15.4 Å². The second-order valence-corrected chi connectivity index (χ2v) is 4.90. The number of benzene rings is 2. The molecule has 0 fully saturated rings. The van der Waals surface area contributed by atoms with Crippen molar-refractivity contribution >= 4 is 17.3 Å². The Hall–Kier alpha value is -2.49. The Kier molecular flexibility index (Phi) is 4.82. The molecule has 4 nitrogen and oxygen atoms in total. The Labute approximate surface area is 125 Å². The number of ether oxygens (including phenoxy) is 1. The van der Waals surface area contributed by atoms with Gasteiger partial charge >= 0.3 is 0 Å². The molecule has 110 valence electrons. The molecule has 4 heteroatoms. The van der Waals surface area contributed by atoms with Crippen LogP contribution in [0.1, 0.15) is 11.1 Å². The highest BCUT2D eigenvalue weighted by Gasteiger charge is 2.05. The molecular formula is C17H20N2O2. The maximum Gasteiger partial charge on any atom is 0.243 e. The normalized spacial score (nSPS) is 10.0. The number of amides is 1. The molecule has 2 aromatic rings. The quantitative estimate of drug-likeness (QED) is 0.885. The second kappa shape index (κ2) is 6.79. The van der Waals surface area contributed by atoms with Crippen LogP contribution in [0.3, 0.4) is 0 Å². The first-order chi connectivity index (χ1) is 10.1. The van der Waals surface area contributed by atoms with Crippen LogP contribution in [0.25, 0.3) is 0 Å². The fourth-order valence-corrected chi connectivity index (χ4v) is 2.08. The number of methoxy groups -OCH3 is 1. The predicted molar refractivity (Wildman–Crippen MR) is 86.0 cm³/mol. The van der Waals surface area contributed by atoms with E-state index in [2.05, 4.69) is 10.6 Å². The summed E-state index contributed by atoms with van der Waals surface area (Å²) in [6, 6.07) is 13.5. The van der Waals surface area contributed by atoms with Crippen molar-refractivity contribution < 1.29 is 9.53 Å². The molecule has 0 heterocycles. The molecule has 0 aliphatic carbocycles. The van der Waals surface area contributed by atoms with Gasteiger partial charge in [0.2, 0.25) is 5.91 Å². The standard InChI is InChI=1S/C17H20N2O2/c1-12-6-4-5-7-15(12)19-17(20)11-18-14-8-9-16(21-3)13(2)10-14/h4-10,18H,11H2,1-3H3,(H,19,20). The van der Waals surface area contributed by atoms with Gasteiger partial charge in [0.1, 0.15) is 5.75 Å². The first-order valence-electron chi connectivity index (χ1n) is 6.84. The summed E-state index contributed by atoms with van der Waals surface area (Å²) < 4.78 is 5.21. The summed E-state index contributed by atoms with van der Waals surface area (Å²) >= 11 is 0. The average molecular weight is 284 g/mol. The number of aryl methyl sites for hydroxylation is 2. The van der Waals surface area contributed by atoms with Crippen molar-refractivity contribution in [2.45, 2.75) is 13.8 Å². The van der Waals surface area contributed by atoms with Crippen molar-refractivity contribution in [2.75, 3.05) is 24.3 Å². The Morgan fingerprint density at radius 1 is 1.10 bits per heavy atom. The van der Waals surface area contributed by atoms with Crippen LogP contribution in [0.4, 0.5) is 11.4 Å². The molecule has 2 aromatic carbocycles. The fourth-order valence-electron chi connectivity index (χ4n) is 2.08. The number of carbonyl (C=O) groups is 1. The molecule has 0 spiro atoms. The minimum atomic E-state index is -0.0715. The van der Waals surface area contributed by atoms with Crippen LogP contribution in [-0.2, 0) is 4.79 Å². The fraction of sp³-hybridized carbons (Fsp3) is 0.235. The van der Waals surface area contributed by atoms with Crippen molar-refractivity contribution in [3.05, 3.63) is 53.6 Å².